The minimum atomic E-state index is -0.597. The van der Waals surface area contributed by atoms with Gasteiger partial charge in [-0.3, -0.25) is 4.79 Å². The van der Waals surface area contributed by atoms with Gasteiger partial charge in [0, 0.05) is 18.6 Å². The van der Waals surface area contributed by atoms with Gasteiger partial charge in [0.15, 0.2) is 0 Å². The summed E-state index contributed by atoms with van der Waals surface area (Å²) in [6, 6.07) is 17.7. The first-order chi connectivity index (χ1) is 11.5. The molecule has 0 bridgehead atoms. The minimum Gasteiger partial charge on any atom is -0.372 e. The van der Waals surface area contributed by atoms with E-state index in [2.05, 4.69) is 17.4 Å². The third-order valence-electron chi connectivity index (χ3n) is 4.22. The highest BCUT2D eigenvalue weighted by Gasteiger charge is 2.27. The summed E-state index contributed by atoms with van der Waals surface area (Å²) in [6.45, 7) is 2.36. The second kappa shape index (κ2) is 8.86. The highest BCUT2D eigenvalue weighted by Crippen LogP contribution is 2.26. The number of carbonyl (C=O) groups excluding carboxylic acids is 1. The van der Waals surface area contributed by atoms with Crippen LogP contribution >= 0.6 is 11.6 Å². The van der Waals surface area contributed by atoms with Crippen molar-refractivity contribution in [1.82, 2.24) is 5.32 Å². The number of methoxy groups -OCH3 is 1. The summed E-state index contributed by atoms with van der Waals surface area (Å²) in [6.07, 6.45) is 2.24. The van der Waals surface area contributed by atoms with E-state index in [0.717, 1.165) is 18.4 Å². The highest BCUT2D eigenvalue weighted by atomic mass is 35.5. The van der Waals surface area contributed by atoms with Crippen LogP contribution in [0.5, 0.6) is 0 Å². The Morgan fingerprint density at radius 2 is 1.92 bits per heavy atom. The lowest BCUT2D eigenvalue weighted by Crippen LogP contribution is -2.40. The van der Waals surface area contributed by atoms with Crippen LogP contribution in [0.15, 0.2) is 54.6 Å². The van der Waals surface area contributed by atoms with Gasteiger partial charge in [0.1, 0.15) is 5.60 Å². The number of benzene rings is 2. The largest absolute Gasteiger partial charge is 0.372 e. The van der Waals surface area contributed by atoms with Crippen molar-refractivity contribution < 1.29 is 9.53 Å². The topological polar surface area (TPSA) is 38.3 Å². The van der Waals surface area contributed by atoms with Gasteiger partial charge in [-0.15, -0.1) is 0 Å². The van der Waals surface area contributed by atoms with Gasteiger partial charge in [-0.2, -0.15) is 0 Å². The van der Waals surface area contributed by atoms with E-state index in [-0.39, 0.29) is 5.91 Å². The average Bonchev–Trinajstić information content (AvgIpc) is 2.60. The first-order valence-electron chi connectivity index (χ1n) is 8.15. The predicted molar refractivity (Wildman–Crippen MR) is 98.2 cm³/mol. The Labute approximate surface area is 149 Å². The molecule has 2 aromatic rings. The van der Waals surface area contributed by atoms with Crippen LogP contribution in [0.3, 0.4) is 0 Å². The zero-order chi connectivity index (χ0) is 17.4. The van der Waals surface area contributed by atoms with E-state index in [4.69, 9.17) is 16.3 Å². The average molecular weight is 346 g/mol. The van der Waals surface area contributed by atoms with Crippen LogP contribution in [0.4, 0.5) is 0 Å². The first kappa shape index (κ1) is 18.5. The Bertz CT molecular complexity index is 660. The standard InChI is InChI=1S/C20H24ClNO2/c1-20(24-2,17-11-7-12-18(21)14-17)15-22-19(23)13-6-10-16-8-4-3-5-9-16/h3-5,7-9,11-12,14H,6,10,13,15H2,1-2H3,(H,22,23). The number of aryl methyl sites for hydroxylation is 1. The minimum absolute atomic E-state index is 0.0382. The van der Waals surface area contributed by atoms with Crippen LogP contribution in [0.1, 0.15) is 30.9 Å². The molecular weight excluding hydrogens is 322 g/mol. The van der Waals surface area contributed by atoms with Crippen molar-refractivity contribution in [2.45, 2.75) is 31.8 Å². The molecule has 0 spiro atoms. The fourth-order valence-electron chi connectivity index (χ4n) is 2.56. The second-order valence-electron chi connectivity index (χ2n) is 6.06. The molecule has 0 fully saturated rings. The van der Waals surface area contributed by atoms with Gasteiger partial charge in [0.2, 0.25) is 5.91 Å². The van der Waals surface area contributed by atoms with E-state index in [1.54, 1.807) is 7.11 Å². The summed E-state index contributed by atoms with van der Waals surface area (Å²) in [5, 5.41) is 3.63. The number of amides is 1. The van der Waals surface area contributed by atoms with Gasteiger partial charge < -0.3 is 10.1 Å². The number of carbonyl (C=O) groups is 1. The summed E-state index contributed by atoms with van der Waals surface area (Å²) in [5.41, 5.74) is 1.60. The van der Waals surface area contributed by atoms with Gasteiger partial charge >= 0.3 is 0 Å². The van der Waals surface area contributed by atoms with Crippen LogP contribution in [0.25, 0.3) is 0 Å². The number of ether oxygens (including phenoxy) is 1. The maximum atomic E-state index is 12.1. The number of halogens is 1. The molecule has 24 heavy (non-hydrogen) atoms. The monoisotopic (exact) mass is 345 g/mol. The molecule has 0 aromatic heterocycles. The number of hydrogen-bond acceptors (Lipinski definition) is 2. The Morgan fingerprint density at radius 1 is 1.17 bits per heavy atom. The Kier molecular flexibility index (Phi) is 6.83. The predicted octanol–water partition coefficient (Wildman–Crippen LogP) is 4.34. The molecule has 1 amide bonds. The van der Waals surface area contributed by atoms with Gasteiger partial charge in [-0.05, 0) is 43.0 Å². The van der Waals surface area contributed by atoms with Gasteiger partial charge in [0.05, 0.1) is 6.54 Å². The van der Waals surface area contributed by atoms with Gasteiger partial charge in [-0.25, -0.2) is 0 Å². The van der Waals surface area contributed by atoms with Crippen molar-refractivity contribution in [2.75, 3.05) is 13.7 Å². The number of hydrogen-bond donors (Lipinski definition) is 1. The van der Waals surface area contributed by atoms with Crippen LogP contribution in [-0.2, 0) is 21.6 Å². The maximum absolute atomic E-state index is 12.1. The van der Waals surface area contributed by atoms with E-state index in [1.165, 1.54) is 5.56 Å². The van der Waals surface area contributed by atoms with E-state index in [9.17, 15) is 4.79 Å². The zero-order valence-electron chi connectivity index (χ0n) is 14.2. The molecule has 1 N–H and O–H groups in total. The molecule has 2 aromatic carbocycles. The molecule has 4 heteroatoms. The number of nitrogens with one attached hydrogen (secondary N) is 1. The zero-order valence-corrected chi connectivity index (χ0v) is 15.0. The summed E-state index contributed by atoms with van der Waals surface area (Å²) >= 11 is 6.05. The Hall–Kier alpha value is -1.84. The van der Waals surface area contributed by atoms with Crippen molar-refractivity contribution in [3.8, 4) is 0 Å². The van der Waals surface area contributed by atoms with Crippen LogP contribution in [-0.4, -0.2) is 19.6 Å². The molecular formula is C20H24ClNO2. The Morgan fingerprint density at radius 3 is 2.58 bits per heavy atom. The summed E-state index contributed by atoms with van der Waals surface area (Å²) in [5.74, 6) is 0.0382. The number of rotatable bonds is 8. The summed E-state index contributed by atoms with van der Waals surface area (Å²) in [7, 11) is 1.64. The lowest BCUT2D eigenvalue weighted by atomic mass is 9.95. The molecule has 0 heterocycles. The van der Waals surface area contributed by atoms with Crippen molar-refractivity contribution in [3.05, 3.63) is 70.7 Å². The van der Waals surface area contributed by atoms with Gasteiger partial charge in [0.25, 0.3) is 0 Å². The van der Waals surface area contributed by atoms with E-state index < -0.39 is 5.60 Å². The van der Waals surface area contributed by atoms with E-state index >= 15 is 0 Å². The first-order valence-corrected chi connectivity index (χ1v) is 8.53. The molecule has 2 rings (SSSR count). The highest BCUT2D eigenvalue weighted by molar-refractivity contribution is 6.30. The fraction of sp³-hybridized carbons (Fsp3) is 0.350. The lowest BCUT2D eigenvalue weighted by molar-refractivity contribution is -0.122. The summed E-state index contributed by atoms with van der Waals surface area (Å²) in [4.78, 5) is 12.1. The SMILES string of the molecule is COC(C)(CNC(=O)CCCc1ccccc1)c1cccc(Cl)c1. The third-order valence-corrected chi connectivity index (χ3v) is 4.46. The van der Waals surface area contributed by atoms with Crippen molar-refractivity contribution in [1.29, 1.82) is 0 Å². The van der Waals surface area contributed by atoms with E-state index in [0.29, 0.717) is 18.0 Å². The molecule has 1 unspecified atom stereocenters. The normalized spacial score (nSPS) is 13.3. The van der Waals surface area contributed by atoms with Crippen molar-refractivity contribution in [2.24, 2.45) is 0 Å². The molecule has 0 aliphatic carbocycles. The molecule has 3 nitrogen and oxygen atoms in total. The van der Waals surface area contributed by atoms with Crippen LogP contribution in [0, 0.1) is 0 Å². The second-order valence-corrected chi connectivity index (χ2v) is 6.50. The molecule has 0 saturated heterocycles. The smallest absolute Gasteiger partial charge is 0.220 e. The molecule has 128 valence electrons. The molecule has 0 saturated carbocycles. The van der Waals surface area contributed by atoms with Crippen LogP contribution < -0.4 is 5.32 Å². The van der Waals surface area contributed by atoms with Crippen LogP contribution in [0.2, 0.25) is 5.02 Å². The third kappa shape index (κ3) is 5.36. The molecule has 0 aliphatic rings. The lowest BCUT2D eigenvalue weighted by Gasteiger charge is -2.29. The fourth-order valence-corrected chi connectivity index (χ4v) is 2.75. The summed E-state index contributed by atoms with van der Waals surface area (Å²) < 4.78 is 5.63. The maximum Gasteiger partial charge on any atom is 0.220 e. The molecule has 0 radical (unpaired) electrons. The van der Waals surface area contributed by atoms with Crippen molar-refractivity contribution >= 4 is 17.5 Å². The van der Waals surface area contributed by atoms with E-state index in [1.807, 2.05) is 49.4 Å². The quantitative estimate of drug-likeness (QED) is 0.772. The molecule has 1 atom stereocenters. The van der Waals surface area contributed by atoms with Gasteiger partial charge in [-0.1, -0.05) is 54.1 Å². The Balaban J connectivity index is 1.83. The molecule has 0 aliphatic heterocycles. The van der Waals surface area contributed by atoms with Crippen molar-refractivity contribution in [3.63, 3.8) is 0 Å².